The lowest BCUT2D eigenvalue weighted by Gasteiger charge is -2.37. The van der Waals surface area contributed by atoms with Crippen LogP contribution >= 0.6 is 0 Å². The largest absolute Gasteiger partial charge is 0.492 e. The monoisotopic (exact) mass is 540 g/mol. The average molecular weight is 541 g/mol. The topological polar surface area (TPSA) is 95.2 Å². The van der Waals surface area contributed by atoms with E-state index < -0.39 is 0 Å². The number of fused-ring (bicyclic) bond motifs is 3. The number of nitrogens with zero attached hydrogens (tertiary/aromatic N) is 7. The van der Waals surface area contributed by atoms with E-state index in [9.17, 15) is 5.11 Å². The van der Waals surface area contributed by atoms with Crippen LogP contribution in [0.1, 0.15) is 71.3 Å². The smallest absolute Gasteiger partial charge is 0.236 e. The first-order chi connectivity index (χ1) is 19.4. The highest BCUT2D eigenvalue weighted by Crippen LogP contribution is 2.44. The van der Waals surface area contributed by atoms with Crippen LogP contribution in [-0.4, -0.2) is 66.7 Å². The molecule has 3 fully saturated rings. The molecular weight excluding hydrogens is 500 g/mol. The van der Waals surface area contributed by atoms with Gasteiger partial charge in [-0.05, 0) is 88.1 Å². The molecule has 3 aliphatic rings. The number of aromatic hydroxyl groups is 1. The van der Waals surface area contributed by atoms with Crippen LogP contribution in [0.4, 0.5) is 17.5 Å². The Bertz CT molecular complexity index is 1490. The molecule has 7 rings (SSSR count). The summed E-state index contributed by atoms with van der Waals surface area (Å²) in [5, 5.41) is 16.0. The summed E-state index contributed by atoms with van der Waals surface area (Å²) in [6.45, 7) is 9.40. The van der Waals surface area contributed by atoms with Crippen LogP contribution in [0.25, 0.3) is 21.9 Å². The van der Waals surface area contributed by atoms with Gasteiger partial charge in [-0.3, -0.25) is 0 Å². The molecule has 0 amide bonds. The molecule has 9 nitrogen and oxygen atoms in total. The molecule has 9 heteroatoms. The van der Waals surface area contributed by atoms with E-state index in [1.54, 1.807) is 6.20 Å². The zero-order valence-electron chi connectivity index (χ0n) is 23.7. The van der Waals surface area contributed by atoms with E-state index in [2.05, 4.69) is 49.6 Å². The molecule has 0 aromatic carbocycles. The maximum absolute atomic E-state index is 10.8. The van der Waals surface area contributed by atoms with E-state index in [1.807, 2.05) is 24.5 Å². The number of nitrogens with one attached hydrogen (secondary N) is 1. The van der Waals surface area contributed by atoms with Crippen molar-refractivity contribution >= 4 is 39.4 Å². The van der Waals surface area contributed by atoms with Crippen molar-refractivity contribution < 1.29 is 5.11 Å². The van der Waals surface area contributed by atoms with Crippen molar-refractivity contribution in [2.24, 2.45) is 5.41 Å². The van der Waals surface area contributed by atoms with Crippen LogP contribution in [0, 0.1) is 5.41 Å². The van der Waals surface area contributed by atoms with Gasteiger partial charge in [-0.1, -0.05) is 13.8 Å². The zero-order valence-corrected chi connectivity index (χ0v) is 23.7. The van der Waals surface area contributed by atoms with Crippen molar-refractivity contribution in [3.63, 3.8) is 0 Å². The van der Waals surface area contributed by atoms with Gasteiger partial charge in [0.05, 0.1) is 11.9 Å². The van der Waals surface area contributed by atoms with Crippen LogP contribution in [0.15, 0.2) is 36.8 Å². The summed E-state index contributed by atoms with van der Waals surface area (Å²) >= 11 is 0. The van der Waals surface area contributed by atoms with Gasteiger partial charge < -0.3 is 24.8 Å². The molecule has 0 spiro atoms. The fourth-order valence-electron chi connectivity index (χ4n) is 7.17. The Labute approximate surface area is 235 Å². The van der Waals surface area contributed by atoms with Gasteiger partial charge in [0.25, 0.3) is 0 Å². The molecule has 2 saturated heterocycles. The molecule has 6 heterocycles. The van der Waals surface area contributed by atoms with Crippen molar-refractivity contribution in [3.8, 4) is 5.88 Å². The number of hydrogen-bond donors (Lipinski definition) is 2. The second kappa shape index (κ2) is 10.2. The van der Waals surface area contributed by atoms with E-state index in [1.165, 1.54) is 44.5 Å². The van der Waals surface area contributed by atoms with Crippen molar-refractivity contribution in [2.75, 3.05) is 36.4 Å². The van der Waals surface area contributed by atoms with Gasteiger partial charge in [0.2, 0.25) is 11.8 Å². The third-order valence-electron chi connectivity index (χ3n) is 9.58. The van der Waals surface area contributed by atoms with Gasteiger partial charge >= 0.3 is 0 Å². The fourth-order valence-corrected chi connectivity index (χ4v) is 7.17. The molecule has 4 aromatic rings. The Balaban J connectivity index is 1.12. The molecule has 0 unspecified atom stereocenters. The summed E-state index contributed by atoms with van der Waals surface area (Å²) in [4.78, 5) is 23.6. The second-order valence-corrected chi connectivity index (χ2v) is 12.7. The molecular formula is C31H40N8O. The molecule has 0 atom stereocenters. The maximum atomic E-state index is 10.8. The van der Waals surface area contributed by atoms with Gasteiger partial charge in [0.15, 0.2) is 0 Å². The first kappa shape index (κ1) is 25.5. The second-order valence-electron chi connectivity index (χ2n) is 12.7. The Morgan fingerprint density at radius 3 is 2.35 bits per heavy atom. The van der Waals surface area contributed by atoms with Crippen molar-refractivity contribution in [1.29, 1.82) is 0 Å². The molecule has 4 aromatic heterocycles. The van der Waals surface area contributed by atoms with Crippen LogP contribution in [0.3, 0.4) is 0 Å². The SMILES string of the molecule is CC1(C)CCC(n2c3nc(Nc4ccc(N5CCC(N6CCCC6)CC5)cn4)ncc3c3ccnc(O)c32)CC1. The summed E-state index contributed by atoms with van der Waals surface area (Å²) in [6.07, 6.45) is 15.0. The highest BCUT2D eigenvalue weighted by Gasteiger charge is 2.31. The molecule has 210 valence electrons. The minimum atomic E-state index is 0.0524. The van der Waals surface area contributed by atoms with Gasteiger partial charge in [-0.15, -0.1) is 0 Å². The summed E-state index contributed by atoms with van der Waals surface area (Å²) < 4.78 is 2.21. The summed E-state index contributed by atoms with van der Waals surface area (Å²) in [5.41, 5.74) is 3.10. The lowest BCUT2D eigenvalue weighted by Crippen LogP contribution is -2.43. The molecule has 2 N–H and O–H groups in total. The third-order valence-corrected chi connectivity index (χ3v) is 9.58. The Morgan fingerprint density at radius 2 is 1.62 bits per heavy atom. The van der Waals surface area contributed by atoms with Crippen LogP contribution in [0.2, 0.25) is 0 Å². The van der Waals surface area contributed by atoms with E-state index >= 15 is 0 Å². The lowest BCUT2D eigenvalue weighted by molar-refractivity contribution is 0.197. The molecule has 0 radical (unpaired) electrons. The molecule has 0 bridgehead atoms. The Hall–Kier alpha value is -3.46. The summed E-state index contributed by atoms with van der Waals surface area (Å²) in [6, 6.07) is 7.12. The number of likely N-dealkylation sites (tertiary alicyclic amines) is 1. The van der Waals surface area contributed by atoms with E-state index in [0.29, 0.717) is 11.4 Å². The molecule has 40 heavy (non-hydrogen) atoms. The number of hydrogen-bond acceptors (Lipinski definition) is 8. The number of aromatic nitrogens is 5. The van der Waals surface area contributed by atoms with Crippen LogP contribution in [-0.2, 0) is 0 Å². The van der Waals surface area contributed by atoms with Gasteiger partial charge in [-0.25, -0.2) is 15.0 Å². The first-order valence-electron chi connectivity index (χ1n) is 15.0. The van der Waals surface area contributed by atoms with E-state index in [4.69, 9.17) is 9.97 Å². The Kier molecular flexibility index (Phi) is 6.49. The average Bonchev–Trinajstić information content (AvgIpc) is 3.61. The third kappa shape index (κ3) is 4.74. The highest BCUT2D eigenvalue weighted by atomic mass is 16.3. The number of anilines is 3. The van der Waals surface area contributed by atoms with Crippen molar-refractivity contribution in [2.45, 2.75) is 77.3 Å². The minimum Gasteiger partial charge on any atom is -0.492 e. The van der Waals surface area contributed by atoms with E-state index in [-0.39, 0.29) is 11.9 Å². The standard InChI is InChI=1S/C31H40N8O/c1-31(2)12-7-22(8-13-31)39-27-24(9-14-32-29(27)40)25-20-34-30(36-28(25)39)35-26-6-5-23(19-33-26)38-17-10-21(11-18-38)37-15-3-4-16-37/h5-6,9,14,19-22H,3-4,7-8,10-13,15-18H2,1-2H3,(H,32,40)(H,33,34,35,36). The van der Waals surface area contributed by atoms with Gasteiger partial charge in [0.1, 0.15) is 17.0 Å². The molecule has 1 saturated carbocycles. The quantitative estimate of drug-likeness (QED) is 0.317. The predicted octanol–water partition coefficient (Wildman–Crippen LogP) is 6.03. The number of piperidine rings is 1. The Morgan fingerprint density at radius 1 is 0.850 bits per heavy atom. The van der Waals surface area contributed by atoms with Crippen molar-refractivity contribution in [1.82, 2.24) is 29.4 Å². The van der Waals surface area contributed by atoms with Crippen molar-refractivity contribution in [3.05, 3.63) is 36.8 Å². The predicted molar refractivity (Wildman–Crippen MR) is 159 cm³/mol. The summed E-state index contributed by atoms with van der Waals surface area (Å²) in [5.74, 6) is 1.28. The number of pyridine rings is 2. The maximum Gasteiger partial charge on any atom is 0.236 e. The van der Waals surface area contributed by atoms with Crippen LogP contribution < -0.4 is 10.2 Å². The first-order valence-corrected chi connectivity index (χ1v) is 15.0. The number of rotatable bonds is 5. The highest BCUT2D eigenvalue weighted by molar-refractivity contribution is 6.08. The lowest BCUT2D eigenvalue weighted by atomic mass is 9.75. The summed E-state index contributed by atoms with van der Waals surface area (Å²) in [7, 11) is 0. The normalized spacial score (nSPS) is 21.0. The van der Waals surface area contributed by atoms with Gasteiger partial charge in [-0.2, -0.15) is 4.98 Å². The van der Waals surface area contributed by atoms with E-state index in [0.717, 1.165) is 72.6 Å². The zero-order chi connectivity index (χ0) is 27.3. The van der Waals surface area contributed by atoms with Gasteiger partial charge in [0, 0.05) is 48.3 Å². The molecule has 1 aliphatic carbocycles. The molecule has 2 aliphatic heterocycles. The fraction of sp³-hybridized carbons (Fsp3) is 0.548. The van der Waals surface area contributed by atoms with Crippen LogP contribution in [0.5, 0.6) is 5.88 Å². The minimum absolute atomic E-state index is 0.0524.